The minimum atomic E-state index is -0.258. The van der Waals surface area contributed by atoms with E-state index in [1.54, 1.807) is 0 Å². The van der Waals surface area contributed by atoms with E-state index < -0.39 is 0 Å². The van der Waals surface area contributed by atoms with E-state index in [4.69, 9.17) is 0 Å². The zero-order valence-corrected chi connectivity index (χ0v) is 15.2. The van der Waals surface area contributed by atoms with Gasteiger partial charge in [-0.1, -0.05) is 39.0 Å². The quantitative estimate of drug-likeness (QED) is 0.879. The van der Waals surface area contributed by atoms with Gasteiger partial charge < -0.3 is 10.4 Å². The first kappa shape index (κ1) is 17.7. The third kappa shape index (κ3) is 3.93. The number of aromatic nitrogens is 2. The molecular weight excluding hydrogens is 314 g/mol. The molecule has 0 saturated heterocycles. The summed E-state index contributed by atoms with van der Waals surface area (Å²) in [5, 5.41) is 17.2. The molecule has 1 aliphatic rings. The van der Waals surface area contributed by atoms with Crippen molar-refractivity contribution in [3.8, 4) is 5.69 Å². The topological polar surface area (TPSA) is 67.2 Å². The highest BCUT2D eigenvalue weighted by Crippen LogP contribution is 2.28. The van der Waals surface area contributed by atoms with E-state index in [0.717, 1.165) is 42.6 Å². The Bertz CT molecular complexity index is 744. The predicted molar refractivity (Wildman–Crippen MR) is 98.0 cm³/mol. The lowest BCUT2D eigenvalue weighted by Gasteiger charge is -2.25. The van der Waals surface area contributed by atoms with Crippen LogP contribution >= 0.6 is 0 Å². The lowest BCUT2D eigenvalue weighted by atomic mass is 9.88. The van der Waals surface area contributed by atoms with Gasteiger partial charge in [0.15, 0.2) is 5.69 Å². The van der Waals surface area contributed by atoms with Crippen LogP contribution in [0, 0.1) is 5.41 Å². The second-order valence-electron chi connectivity index (χ2n) is 7.99. The Morgan fingerprint density at radius 1 is 1.28 bits per heavy atom. The Kier molecular flexibility index (Phi) is 4.95. The molecule has 1 aliphatic carbocycles. The third-order valence-electron chi connectivity index (χ3n) is 4.56. The molecular formula is C20H27N3O2. The van der Waals surface area contributed by atoms with E-state index in [2.05, 4.69) is 31.2 Å². The van der Waals surface area contributed by atoms with Crippen molar-refractivity contribution in [1.29, 1.82) is 0 Å². The molecule has 1 atom stereocenters. The number of carbonyl (C=O) groups is 1. The maximum absolute atomic E-state index is 12.8. The van der Waals surface area contributed by atoms with Gasteiger partial charge in [-0.2, -0.15) is 5.10 Å². The number of hydrogen-bond acceptors (Lipinski definition) is 3. The molecule has 1 aromatic carbocycles. The van der Waals surface area contributed by atoms with Crippen LogP contribution < -0.4 is 5.32 Å². The first-order valence-corrected chi connectivity index (χ1v) is 8.97. The van der Waals surface area contributed by atoms with Gasteiger partial charge >= 0.3 is 0 Å². The first-order valence-electron chi connectivity index (χ1n) is 8.97. The lowest BCUT2D eigenvalue weighted by molar-refractivity contribution is 0.0891. The summed E-state index contributed by atoms with van der Waals surface area (Å²) in [7, 11) is 0. The van der Waals surface area contributed by atoms with E-state index in [0.29, 0.717) is 5.69 Å². The molecule has 2 aromatic rings. The van der Waals surface area contributed by atoms with Crippen LogP contribution in [0.3, 0.4) is 0 Å². The second-order valence-corrected chi connectivity index (χ2v) is 7.99. The Balaban J connectivity index is 1.86. The largest absolute Gasteiger partial charge is 0.394 e. The molecule has 134 valence electrons. The number of nitrogens with zero attached hydrogens (tertiary/aromatic N) is 2. The number of benzene rings is 1. The number of nitrogens with one attached hydrogen (secondary N) is 1. The number of carbonyl (C=O) groups excluding carboxylic acids is 1. The van der Waals surface area contributed by atoms with E-state index in [1.807, 2.05) is 35.0 Å². The number of aliphatic hydroxyl groups excluding tert-OH is 1. The lowest BCUT2D eigenvalue weighted by Crippen LogP contribution is -2.40. The van der Waals surface area contributed by atoms with E-state index in [-0.39, 0.29) is 24.0 Å². The van der Waals surface area contributed by atoms with Crippen LogP contribution in [0.2, 0.25) is 0 Å². The molecule has 25 heavy (non-hydrogen) atoms. The number of amides is 1. The summed E-state index contributed by atoms with van der Waals surface area (Å²) < 4.78 is 1.90. The van der Waals surface area contributed by atoms with Crippen molar-refractivity contribution in [3.05, 3.63) is 47.3 Å². The Hall–Kier alpha value is -2.14. The zero-order chi connectivity index (χ0) is 18.0. The summed E-state index contributed by atoms with van der Waals surface area (Å²) in [6.07, 6.45) is 3.59. The molecule has 2 N–H and O–H groups in total. The standard InChI is InChI=1S/C20H27N3O2/c1-20(2,3)12-14(13-24)21-19(25)18-16-10-7-11-17(16)23(22-18)15-8-5-4-6-9-15/h4-6,8-9,14,24H,7,10-13H2,1-3H3,(H,21,25). The molecule has 1 heterocycles. The maximum Gasteiger partial charge on any atom is 0.272 e. The van der Waals surface area contributed by atoms with Crippen LogP contribution in [0.4, 0.5) is 0 Å². The first-order chi connectivity index (χ1) is 11.9. The molecule has 0 radical (unpaired) electrons. The van der Waals surface area contributed by atoms with Crippen molar-refractivity contribution in [2.45, 2.75) is 52.5 Å². The summed E-state index contributed by atoms with van der Waals surface area (Å²) in [5.41, 5.74) is 3.70. The molecule has 1 unspecified atom stereocenters. The highest BCUT2D eigenvalue weighted by molar-refractivity contribution is 5.94. The van der Waals surface area contributed by atoms with Gasteiger partial charge in [-0.15, -0.1) is 0 Å². The fourth-order valence-electron chi connectivity index (χ4n) is 3.56. The van der Waals surface area contributed by atoms with Crippen molar-refractivity contribution in [1.82, 2.24) is 15.1 Å². The average Bonchev–Trinajstić information content (AvgIpc) is 3.15. The molecule has 0 fully saturated rings. The van der Waals surface area contributed by atoms with E-state index >= 15 is 0 Å². The fraction of sp³-hybridized carbons (Fsp3) is 0.500. The number of rotatable bonds is 5. The van der Waals surface area contributed by atoms with Crippen molar-refractivity contribution in [2.75, 3.05) is 6.61 Å². The second kappa shape index (κ2) is 7.00. The molecule has 0 saturated carbocycles. The number of para-hydroxylation sites is 1. The van der Waals surface area contributed by atoms with Crippen LogP contribution in [0.5, 0.6) is 0 Å². The van der Waals surface area contributed by atoms with Crippen molar-refractivity contribution in [2.24, 2.45) is 5.41 Å². The summed E-state index contributed by atoms with van der Waals surface area (Å²) in [5.74, 6) is -0.184. The minimum absolute atomic E-state index is 0.0338. The van der Waals surface area contributed by atoms with Crippen molar-refractivity contribution in [3.63, 3.8) is 0 Å². The summed E-state index contributed by atoms with van der Waals surface area (Å²) >= 11 is 0. The van der Waals surface area contributed by atoms with Gasteiger partial charge in [0.2, 0.25) is 0 Å². The SMILES string of the molecule is CC(C)(C)CC(CO)NC(=O)c1nn(-c2ccccc2)c2c1CCC2. The van der Waals surface area contributed by atoms with Gasteiger partial charge in [0.05, 0.1) is 18.3 Å². The molecule has 1 amide bonds. The molecule has 0 bridgehead atoms. The minimum Gasteiger partial charge on any atom is -0.394 e. The normalized spacial score (nSPS) is 15.0. The van der Waals surface area contributed by atoms with Crippen LogP contribution in [0.25, 0.3) is 5.69 Å². The Labute approximate surface area is 149 Å². The van der Waals surface area contributed by atoms with Gasteiger partial charge in [0.25, 0.3) is 5.91 Å². The van der Waals surface area contributed by atoms with Crippen LogP contribution in [-0.4, -0.2) is 33.4 Å². The molecule has 0 spiro atoms. The Morgan fingerprint density at radius 2 is 2.00 bits per heavy atom. The molecule has 0 aliphatic heterocycles. The summed E-state index contributed by atoms with van der Waals surface area (Å²) in [6, 6.07) is 9.67. The molecule has 3 rings (SSSR count). The van der Waals surface area contributed by atoms with Crippen molar-refractivity contribution >= 4 is 5.91 Å². The number of hydrogen-bond donors (Lipinski definition) is 2. The molecule has 5 heteroatoms. The Morgan fingerprint density at radius 3 is 2.64 bits per heavy atom. The number of aliphatic hydroxyl groups is 1. The van der Waals surface area contributed by atoms with Gasteiger partial charge in [-0.3, -0.25) is 4.79 Å². The van der Waals surface area contributed by atoms with Crippen LogP contribution in [0.1, 0.15) is 55.4 Å². The maximum atomic E-state index is 12.8. The van der Waals surface area contributed by atoms with Crippen LogP contribution in [-0.2, 0) is 12.8 Å². The van der Waals surface area contributed by atoms with E-state index in [1.165, 1.54) is 0 Å². The summed E-state index contributed by atoms with van der Waals surface area (Å²) in [6.45, 7) is 6.24. The smallest absolute Gasteiger partial charge is 0.272 e. The molecule has 1 aromatic heterocycles. The van der Waals surface area contributed by atoms with Gasteiger partial charge in [0.1, 0.15) is 0 Å². The molecule has 5 nitrogen and oxygen atoms in total. The van der Waals surface area contributed by atoms with Gasteiger partial charge in [0, 0.05) is 11.3 Å². The highest BCUT2D eigenvalue weighted by atomic mass is 16.3. The zero-order valence-electron chi connectivity index (χ0n) is 15.2. The predicted octanol–water partition coefficient (Wildman–Crippen LogP) is 2.89. The highest BCUT2D eigenvalue weighted by Gasteiger charge is 2.28. The fourth-order valence-corrected chi connectivity index (χ4v) is 3.56. The number of fused-ring (bicyclic) bond motifs is 1. The van der Waals surface area contributed by atoms with Crippen molar-refractivity contribution < 1.29 is 9.90 Å². The monoisotopic (exact) mass is 341 g/mol. The third-order valence-corrected chi connectivity index (χ3v) is 4.56. The van der Waals surface area contributed by atoms with Crippen LogP contribution in [0.15, 0.2) is 30.3 Å². The van der Waals surface area contributed by atoms with E-state index in [9.17, 15) is 9.90 Å². The summed E-state index contributed by atoms with van der Waals surface area (Å²) in [4.78, 5) is 12.8. The van der Waals surface area contributed by atoms with Gasteiger partial charge in [-0.25, -0.2) is 4.68 Å². The van der Waals surface area contributed by atoms with Gasteiger partial charge in [-0.05, 0) is 43.2 Å². The average molecular weight is 341 g/mol.